The summed E-state index contributed by atoms with van der Waals surface area (Å²) >= 11 is 6.53. The molecule has 1 saturated carbocycles. The summed E-state index contributed by atoms with van der Waals surface area (Å²) in [5.41, 5.74) is -0.152. The average molecular weight is 572 g/mol. The standard InChI is InChI=1S/C25H21ClF3N9O2/c1-35-11-30-21(34-35)10-38-24(39)32-23(37(25(38)40)9-13-5-17(28)18(29)8-16(13)27)31-20-6-14-19(7-15(20)26)33-36(2)22(14)12-3-4-12/h5-8,11-12H,3-4,9-10H2,1-2H3,(H,31,32,39). The molecular formula is C25H21ClF3N9O2. The number of aromatic nitrogens is 8. The smallest absolute Gasteiger partial charge is 0.324 e. The van der Waals surface area contributed by atoms with Crippen LogP contribution >= 0.6 is 11.6 Å². The number of hydrogen-bond donors (Lipinski definition) is 1. The first kappa shape index (κ1) is 25.8. The van der Waals surface area contributed by atoms with Crippen molar-refractivity contribution < 1.29 is 13.2 Å². The van der Waals surface area contributed by atoms with E-state index < -0.39 is 35.4 Å². The molecule has 3 aromatic heterocycles. The quantitative estimate of drug-likeness (QED) is 0.298. The van der Waals surface area contributed by atoms with E-state index in [0.29, 0.717) is 29.3 Å². The number of rotatable bonds is 7. The Morgan fingerprint density at radius 3 is 2.42 bits per heavy atom. The van der Waals surface area contributed by atoms with Crippen LogP contribution in [0.1, 0.15) is 35.8 Å². The van der Waals surface area contributed by atoms with Crippen LogP contribution in [-0.2, 0) is 27.2 Å². The number of halogens is 4. The summed E-state index contributed by atoms with van der Waals surface area (Å²) in [6, 6.07) is 4.43. The first-order chi connectivity index (χ1) is 19.1. The Kier molecular flexibility index (Phi) is 6.21. The number of nitrogens with one attached hydrogen (secondary N) is 1. The highest BCUT2D eigenvalue weighted by molar-refractivity contribution is 6.34. The normalized spacial score (nSPS) is 13.3. The van der Waals surface area contributed by atoms with Crippen LogP contribution in [0.25, 0.3) is 10.9 Å². The summed E-state index contributed by atoms with van der Waals surface area (Å²) in [5, 5.41) is 12.6. The molecule has 6 rings (SSSR count). The third-order valence-corrected chi connectivity index (χ3v) is 7.01. The first-order valence-corrected chi connectivity index (χ1v) is 12.6. The molecule has 2 aromatic carbocycles. The zero-order valence-electron chi connectivity index (χ0n) is 21.2. The summed E-state index contributed by atoms with van der Waals surface area (Å²) in [6.07, 6.45) is 3.46. The molecule has 0 bridgehead atoms. The van der Waals surface area contributed by atoms with Gasteiger partial charge in [-0.05, 0) is 31.0 Å². The lowest BCUT2D eigenvalue weighted by molar-refractivity contribution is 0.485. The van der Waals surface area contributed by atoms with Crippen molar-refractivity contribution in [1.29, 1.82) is 0 Å². The molecule has 11 nitrogen and oxygen atoms in total. The van der Waals surface area contributed by atoms with Gasteiger partial charge in [-0.1, -0.05) is 11.6 Å². The van der Waals surface area contributed by atoms with E-state index in [2.05, 4.69) is 25.5 Å². The Morgan fingerprint density at radius 1 is 0.975 bits per heavy atom. The maximum atomic E-state index is 14.6. The maximum Gasteiger partial charge on any atom is 0.355 e. The van der Waals surface area contributed by atoms with Gasteiger partial charge in [0.2, 0.25) is 5.95 Å². The van der Waals surface area contributed by atoms with Gasteiger partial charge in [0, 0.05) is 42.7 Å². The minimum absolute atomic E-state index is 0.160. The van der Waals surface area contributed by atoms with E-state index in [1.165, 1.54) is 11.0 Å². The lowest BCUT2D eigenvalue weighted by atomic mass is 10.1. The Hall–Kier alpha value is -4.46. The summed E-state index contributed by atoms with van der Waals surface area (Å²) in [5.74, 6) is -3.50. The molecule has 15 heteroatoms. The zero-order valence-corrected chi connectivity index (χ0v) is 22.0. The van der Waals surface area contributed by atoms with Crippen molar-refractivity contribution in [3.05, 3.63) is 91.1 Å². The van der Waals surface area contributed by atoms with Crippen molar-refractivity contribution in [3.63, 3.8) is 0 Å². The number of nitrogens with zero attached hydrogens (tertiary/aromatic N) is 8. The van der Waals surface area contributed by atoms with Gasteiger partial charge in [-0.2, -0.15) is 15.2 Å². The third-order valence-electron chi connectivity index (χ3n) is 6.69. The van der Waals surface area contributed by atoms with E-state index in [1.54, 1.807) is 23.9 Å². The molecule has 0 saturated heterocycles. The lowest BCUT2D eigenvalue weighted by Crippen LogP contribution is -2.43. The average Bonchev–Trinajstić information content (AvgIpc) is 3.56. The predicted molar refractivity (Wildman–Crippen MR) is 139 cm³/mol. The molecule has 1 aliphatic carbocycles. The van der Waals surface area contributed by atoms with E-state index in [0.717, 1.165) is 33.1 Å². The van der Waals surface area contributed by atoms with E-state index in [4.69, 9.17) is 11.6 Å². The van der Waals surface area contributed by atoms with E-state index in [9.17, 15) is 22.8 Å². The van der Waals surface area contributed by atoms with Crippen molar-refractivity contribution in [2.45, 2.75) is 31.8 Å². The third kappa shape index (κ3) is 4.63. The first-order valence-electron chi connectivity index (χ1n) is 12.2. The molecule has 0 aliphatic heterocycles. The maximum absolute atomic E-state index is 14.6. The number of fused-ring (bicyclic) bond motifs is 1. The molecule has 40 heavy (non-hydrogen) atoms. The molecule has 1 N–H and O–H groups in total. The zero-order chi connectivity index (χ0) is 28.3. The molecule has 5 aromatic rings. The van der Waals surface area contributed by atoms with E-state index in [-0.39, 0.29) is 28.9 Å². The second-order valence-electron chi connectivity index (χ2n) is 9.62. The number of aryl methyl sites for hydroxylation is 2. The molecule has 1 aliphatic rings. The molecule has 3 heterocycles. The van der Waals surface area contributed by atoms with Crippen molar-refractivity contribution in [1.82, 2.24) is 38.7 Å². The van der Waals surface area contributed by atoms with Crippen LogP contribution in [0.4, 0.5) is 24.8 Å². The van der Waals surface area contributed by atoms with Crippen LogP contribution in [0, 0.1) is 17.5 Å². The second kappa shape index (κ2) is 9.62. The van der Waals surface area contributed by atoms with Gasteiger partial charge in [-0.25, -0.2) is 32.3 Å². The van der Waals surface area contributed by atoms with Gasteiger partial charge < -0.3 is 5.32 Å². The van der Waals surface area contributed by atoms with Gasteiger partial charge in [0.05, 0.1) is 29.3 Å². The Morgan fingerprint density at radius 2 is 1.73 bits per heavy atom. The Labute approximate surface area is 228 Å². The number of anilines is 2. The fourth-order valence-corrected chi connectivity index (χ4v) is 4.86. The van der Waals surface area contributed by atoms with Gasteiger partial charge in [-0.3, -0.25) is 13.9 Å². The summed E-state index contributed by atoms with van der Waals surface area (Å²) in [4.78, 5) is 34.6. The largest absolute Gasteiger partial charge is 0.355 e. The number of hydrogen-bond acceptors (Lipinski definition) is 7. The predicted octanol–water partition coefficient (Wildman–Crippen LogP) is 3.21. The van der Waals surface area contributed by atoms with Gasteiger partial charge in [0.25, 0.3) is 0 Å². The Bertz CT molecular complexity index is 1920. The van der Waals surface area contributed by atoms with Crippen LogP contribution in [0.3, 0.4) is 0 Å². The molecular weight excluding hydrogens is 551 g/mol. The highest BCUT2D eigenvalue weighted by atomic mass is 35.5. The monoisotopic (exact) mass is 571 g/mol. The van der Waals surface area contributed by atoms with Gasteiger partial charge >= 0.3 is 11.4 Å². The fourth-order valence-electron chi connectivity index (χ4n) is 4.65. The minimum atomic E-state index is -1.38. The topological polar surface area (TPSA) is 117 Å². The molecule has 0 radical (unpaired) electrons. The summed E-state index contributed by atoms with van der Waals surface area (Å²) in [6.45, 7) is -0.896. The highest BCUT2D eigenvalue weighted by Crippen LogP contribution is 2.44. The highest BCUT2D eigenvalue weighted by Gasteiger charge is 2.29. The molecule has 206 valence electrons. The van der Waals surface area contributed by atoms with Crippen LogP contribution in [0.2, 0.25) is 5.02 Å². The Balaban J connectivity index is 1.48. The fraction of sp³-hybridized carbons (Fsp3) is 0.280. The molecule has 1 fully saturated rings. The molecule has 0 atom stereocenters. The van der Waals surface area contributed by atoms with Crippen LogP contribution < -0.4 is 16.7 Å². The van der Waals surface area contributed by atoms with Crippen molar-refractivity contribution >= 4 is 34.1 Å². The van der Waals surface area contributed by atoms with Crippen LogP contribution in [-0.4, -0.2) is 38.7 Å². The van der Waals surface area contributed by atoms with Crippen LogP contribution in [0.5, 0.6) is 0 Å². The van der Waals surface area contributed by atoms with Crippen LogP contribution in [0.15, 0.2) is 40.2 Å². The number of benzene rings is 2. The van der Waals surface area contributed by atoms with E-state index >= 15 is 0 Å². The molecule has 0 spiro atoms. The minimum Gasteiger partial charge on any atom is -0.324 e. The van der Waals surface area contributed by atoms with Gasteiger partial charge in [0.15, 0.2) is 17.5 Å². The molecule has 0 unspecified atom stereocenters. The van der Waals surface area contributed by atoms with E-state index in [1.807, 2.05) is 7.05 Å². The van der Waals surface area contributed by atoms with Gasteiger partial charge in [-0.15, -0.1) is 0 Å². The lowest BCUT2D eigenvalue weighted by Gasteiger charge is -2.16. The van der Waals surface area contributed by atoms with Gasteiger partial charge in [0.1, 0.15) is 12.1 Å². The molecule has 0 amide bonds. The van der Waals surface area contributed by atoms with Crippen molar-refractivity contribution in [2.75, 3.05) is 5.32 Å². The van der Waals surface area contributed by atoms with Crippen molar-refractivity contribution in [3.8, 4) is 0 Å². The summed E-state index contributed by atoms with van der Waals surface area (Å²) < 4.78 is 47.1. The SMILES string of the molecule is Cn1cnc(Cn2c(=O)nc(Nc3cc4c(C5CC5)n(C)nc4cc3Cl)n(Cc3cc(F)c(F)cc3F)c2=O)n1. The van der Waals surface area contributed by atoms with Crippen molar-refractivity contribution in [2.24, 2.45) is 14.1 Å². The summed E-state index contributed by atoms with van der Waals surface area (Å²) in [7, 11) is 3.46. The second-order valence-corrected chi connectivity index (χ2v) is 10.0.